The molecular formula is C79H68B4F24O28S4-4. The topological polar surface area (TPSA) is 439 Å². The molecule has 60 heteroatoms. The second-order valence-corrected chi connectivity index (χ2v) is 37.9. The van der Waals surface area contributed by atoms with Crippen molar-refractivity contribution in [1.29, 1.82) is 0 Å². The minimum Gasteiger partial charge on any atom is -0.748 e. The van der Waals surface area contributed by atoms with Crippen LogP contribution in [0.4, 0.5) is 105 Å². The van der Waals surface area contributed by atoms with E-state index in [2.05, 4.69) is 18.9 Å². The number of ether oxygens (including phenoxy) is 8. The van der Waals surface area contributed by atoms with Crippen LogP contribution in [0, 0.1) is 35.0 Å². The Labute approximate surface area is 777 Å². The van der Waals surface area contributed by atoms with Crippen LogP contribution in [0.1, 0.15) is 170 Å². The lowest BCUT2D eigenvalue weighted by Gasteiger charge is -2.55. The van der Waals surface area contributed by atoms with Crippen molar-refractivity contribution >= 4 is 120 Å². The van der Waals surface area contributed by atoms with E-state index >= 15 is 0 Å². The van der Waals surface area contributed by atoms with Crippen molar-refractivity contribution in [2.75, 3.05) is 23.0 Å². The fraction of sp³-hybridized carbons (Fsp3) is 0.519. The van der Waals surface area contributed by atoms with E-state index in [-0.39, 0.29) is 53.1 Å². The van der Waals surface area contributed by atoms with Gasteiger partial charge in [-0.15, -0.1) is 0 Å². The van der Waals surface area contributed by atoms with Crippen molar-refractivity contribution < 1.29 is 234 Å². The first-order chi connectivity index (χ1) is 63.4. The van der Waals surface area contributed by atoms with Crippen molar-refractivity contribution in [3.63, 3.8) is 0 Å². The maximum Gasteiger partial charge on any atom is 0.438 e. The van der Waals surface area contributed by atoms with E-state index in [1.165, 1.54) is 30.3 Å². The van der Waals surface area contributed by atoms with E-state index in [0.717, 1.165) is 86.3 Å². The van der Waals surface area contributed by atoms with Crippen molar-refractivity contribution in [3.05, 3.63) is 153 Å². The maximum absolute atomic E-state index is 13.6. The summed E-state index contributed by atoms with van der Waals surface area (Å²) >= 11 is 0. The SMILES string of the molecule is [B]Cc1ccc(C(=O)OC(CS(=O)(=O)[O-])(C(F)(F)F)C(F)(F)F)c(OC(=O)C23CC4CC(CC(C4)C2)C3)c1.[B]Cc1ccc(C(=O)OC(CS(=O)(=O)[O-])(C(F)(F)F)C(F)(F)F)c(OC(=O)C2CCCC2)c1.[B]Cc1ccc(C(=O)OC(CS(=O)(=O)[O-])(C(F)(F)F)C(F)(F)F)c(OC(=O)C2CCCCC2)c1.[B]Cc1ccc(C(=O)OC(CS(=O)(=O)[O-])(C(F)(F)F)C(F)(F)F)c(OC(=O)c2ccccc2)c1. The molecule has 0 N–H and O–H groups in total. The van der Waals surface area contributed by atoms with Crippen LogP contribution in [0.15, 0.2) is 103 Å². The first-order valence-corrected chi connectivity index (χ1v) is 46.2. The second kappa shape index (κ2) is 43.5. The number of benzene rings is 5. The highest BCUT2D eigenvalue weighted by Crippen LogP contribution is 2.61. The molecule has 28 nitrogen and oxygen atoms in total. The first kappa shape index (κ1) is 116. The standard InChI is InChI=1S/C23H23BF6O7S.C19H19BF6O7S.C19H13BF6O7S.C18H17BF6O7S/c24-10-12-1-2-16(18(31)37-21(22(25,26)27,23(28,29)30)11-38(33,34)35)17(6-12)36-19(32)20-7-13-3-14(8-20)5-15(4-13)9-20;2*20-9-11-6-7-13(14(8-11)32-15(27)12-4-2-1-3-5-12)16(28)33-17(18(21,22)23,19(24,25)26)10-34(29,30)31;19-8-10-5-6-12(13(7-10)31-14(26)11-3-1-2-4-11)15(27)32-16(17(20,21)22,18(23,24)25)9-33(28,29)30/h1-2,6,13-15H,3-5,7-11H2,(H,33,34,35);6-8,12H,1-5,9-10H2,(H,29,30,31);1-8H,9-10H2,(H,29,30,31);5-7,11H,1-4,8-9H2,(H,28,29,30)/p-4. The number of carbonyl (C=O) groups is 8. The Morgan fingerprint density at radius 2 is 0.532 bits per heavy atom. The molecule has 0 aliphatic heterocycles. The molecule has 0 aromatic heterocycles. The minimum atomic E-state index is -6.56. The predicted octanol–water partition coefficient (Wildman–Crippen LogP) is 13.6. The van der Waals surface area contributed by atoms with Gasteiger partial charge in [-0.3, -0.25) is 14.4 Å². The third-order valence-corrected chi connectivity index (χ3v) is 25.2. The molecule has 11 rings (SSSR count). The molecule has 760 valence electrons. The van der Waals surface area contributed by atoms with E-state index in [1.807, 2.05) is 0 Å². The quantitative estimate of drug-likeness (QED) is 0.0112. The van der Waals surface area contributed by atoms with Gasteiger partial charge in [-0.05, 0) is 143 Å². The summed E-state index contributed by atoms with van der Waals surface area (Å²) in [6.45, 7) is 0. The van der Waals surface area contributed by atoms with Gasteiger partial charge >= 0.3 is 120 Å². The summed E-state index contributed by atoms with van der Waals surface area (Å²) in [6.07, 6.45) is -43.3. The van der Waals surface area contributed by atoms with E-state index in [9.17, 15) is 196 Å². The Balaban J connectivity index is 0.000000253. The molecule has 139 heavy (non-hydrogen) atoms. The zero-order valence-electron chi connectivity index (χ0n) is 70.4. The normalized spacial score (nSPS) is 18.3. The van der Waals surface area contributed by atoms with E-state index in [1.54, 1.807) is 0 Å². The molecule has 5 aromatic carbocycles. The number of esters is 8. The van der Waals surface area contributed by atoms with Crippen LogP contribution in [-0.2, 0) is 99.1 Å². The second-order valence-electron chi connectivity index (χ2n) is 32.3. The Kier molecular flexibility index (Phi) is 36.3. The van der Waals surface area contributed by atoms with Gasteiger partial charge in [0.25, 0.3) is 0 Å². The van der Waals surface area contributed by atoms with Crippen LogP contribution in [-0.4, -0.2) is 226 Å². The molecule has 6 aliphatic rings. The van der Waals surface area contributed by atoms with Gasteiger partial charge in [-0.2, -0.15) is 105 Å². The molecule has 6 saturated carbocycles. The Morgan fingerprint density at radius 1 is 0.309 bits per heavy atom. The molecule has 6 fully saturated rings. The molecule has 0 heterocycles. The van der Waals surface area contributed by atoms with Crippen molar-refractivity contribution in [1.82, 2.24) is 0 Å². The van der Waals surface area contributed by atoms with Gasteiger partial charge in [0.1, 0.15) is 45.3 Å². The molecule has 8 radical (unpaired) electrons. The van der Waals surface area contributed by atoms with E-state index in [4.69, 9.17) is 50.3 Å². The van der Waals surface area contributed by atoms with Gasteiger partial charge in [0.15, 0.2) is 0 Å². The fourth-order valence-corrected chi connectivity index (χ4v) is 19.2. The van der Waals surface area contributed by atoms with Crippen molar-refractivity contribution in [2.45, 2.75) is 193 Å². The molecule has 6 aliphatic carbocycles. The highest BCUT2D eigenvalue weighted by molar-refractivity contribution is 7.86. The summed E-state index contributed by atoms with van der Waals surface area (Å²) in [7, 11) is -2.98. The molecule has 0 unspecified atom stereocenters. The Morgan fingerprint density at radius 3 is 0.755 bits per heavy atom. The molecule has 0 spiro atoms. The summed E-state index contributed by atoms with van der Waals surface area (Å²) in [4.78, 5) is 100. The van der Waals surface area contributed by atoms with Gasteiger partial charge < -0.3 is 56.1 Å². The molecular weight excluding hydrogens is 2020 g/mol. The largest absolute Gasteiger partial charge is 0.748 e. The number of alkyl halides is 24. The van der Waals surface area contributed by atoms with Gasteiger partial charge in [0.2, 0.25) is 0 Å². The van der Waals surface area contributed by atoms with Crippen molar-refractivity contribution in [2.24, 2.45) is 35.0 Å². The number of halogens is 24. The third-order valence-electron chi connectivity index (χ3n) is 22.2. The van der Waals surface area contributed by atoms with Gasteiger partial charge in [-0.25, -0.2) is 57.6 Å². The molecule has 0 saturated heterocycles. The van der Waals surface area contributed by atoms with E-state index < -0.39 is 246 Å². The van der Waals surface area contributed by atoms with Crippen molar-refractivity contribution in [3.8, 4) is 23.0 Å². The number of hydrogen-bond acceptors (Lipinski definition) is 28. The number of hydrogen-bond donors (Lipinski definition) is 0. The highest BCUT2D eigenvalue weighted by Gasteiger charge is 2.79. The lowest BCUT2D eigenvalue weighted by Crippen LogP contribution is -2.63. The van der Waals surface area contributed by atoms with Crippen LogP contribution in [0.5, 0.6) is 23.0 Å². The van der Waals surface area contributed by atoms with Gasteiger partial charge in [-0.1, -0.05) is 122 Å². The van der Waals surface area contributed by atoms with Crippen LogP contribution in [0.3, 0.4) is 0 Å². The summed E-state index contributed by atoms with van der Waals surface area (Å²) in [6, 6.07) is 17.8. The third kappa shape index (κ3) is 28.8. The monoisotopic (exact) mass is 2090 g/mol. The average Bonchev–Trinajstić information content (AvgIpc) is 1.03. The Bertz CT molecular complexity index is 5710. The van der Waals surface area contributed by atoms with Crippen LogP contribution < -0.4 is 18.9 Å². The summed E-state index contributed by atoms with van der Waals surface area (Å²) < 4.78 is 490. The van der Waals surface area contributed by atoms with Gasteiger partial charge in [0.05, 0.1) is 118 Å². The predicted molar refractivity (Wildman–Crippen MR) is 420 cm³/mol. The molecule has 5 aromatic rings. The van der Waals surface area contributed by atoms with E-state index in [0.29, 0.717) is 101 Å². The molecule has 0 atom stereocenters. The Hall–Kier alpha value is -9.92. The van der Waals surface area contributed by atoms with Gasteiger partial charge in [0, 0.05) is 0 Å². The minimum absolute atomic E-state index is 0.0858. The number of rotatable bonds is 28. The van der Waals surface area contributed by atoms with Crippen LogP contribution in [0.25, 0.3) is 0 Å². The highest BCUT2D eigenvalue weighted by atomic mass is 32.2. The van der Waals surface area contributed by atoms with Crippen LogP contribution in [0.2, 0.25) is 0 Å². The molecule has 0 amide bonds. The lowest BCUT2D eigenvalue weighted by atomic mass is 9.49. The summed E-state index contributed by atoms with van der Waals surface area (Å²) in [5.41, 5.74) is -27.0. The summed E-state index contributed by atoms with van der Waals surface area (Å²) in [5, 5.41) is 0. The smallest absolute Gasteiger partial charge is 0.438 e. The fourth-order valence-electron chi connectivity index (χ4n) is 15.7. The molecule has 4 bridgehead atoms. The first-order valence-electron chi connectivity index (χ1n) is 39.9. The summed E-state index contributed by atoms with van der Waals surface area (Å²) in [5.74, 6) is -28.7. The number of carbonyl (C=O) groups excluding carboxylic acids is 8. The zero-order chi connectivity index (χ0) is 105. The van der Waals surface area contributed by atoms with Crippen LogP contribution >= 0.6 is 0 Å². The average molecular weight is 2090 g/mol. The lowest BCUT2D eigenvalue weighted by molar-refractivity contribution is -0.357. The zero-order valence-corrected chi connectivity index (χ0v) is 73.7. The maximum atomic E-state index is 13.6.